The first kappa shape index (κ1) is 24.9. The molecule has 34 heavy (non-hydrogen) atoms. The van der Waals surface area contributed by atoms with E-state index in [9.17, 15) is 13.2 Å². The van der Waals surface area contributed by atoms with Gasteiger partial charge < -0.3 is 9.47 Å². The van der Waals surface area contributed by atoms with Gasteiger partial charge in [0.05, 0.1) is 10.6 Å². The van der Waals surface area contributed by atoms with Gasteiger partial charge in [-0.3, -0.25) is 14.7 Å². The Hall–Kier alpha value is -2.20. The largest absolute Gasteiger partial charge is 0.340 e. The normalized spacial score (nSPS) is 15.9. The van der Waals surface area contributed by atoms with E-state index in [-0.39, 0.29) is 23.0 Å². The lowest BCUT2D eigenvalue weighted by Gasteiger charge is -2.34. The molecule has 2 aromatic carbocycles. The molecule has 1 fully saturated rings. The number of nitrogens with zero attached hydrogens (tertiary/aromatic N) is 4. The maximum Gasteiger partial charge on any atom is 0.223 e. The van der Waals surface area contributed by atoms with Gasteiger partial charge in [0.2, 0.25) is 5.91 Å². The van der Waals surface area contributed by atoms with Crippen LogP contribution in [0.2, 0.25) is 5.02 Å². The van der Waals surface area contributed by atoms with Crippen LogP contribution in [0.15, 0.2) is 46.3 Å². The first-order valence-corrected chi connectivity index (χ1v) is 14.0. The maximum absolute atomic E-state index is 12.9. The Morgan fingerprint density at radius 1 is 1.09 bits per heavy atom. The number of hydrogen-bond acceptors (Lipinski definition) is 6. The van der Waals surface area contributed by atoms with E-state index in [1.165, 1.54) is 10.6 Å². The van der Waals surface area contributed by atoms with Crippen LogP contribution in [0.25, 0.3) is 10.8 Å². The summed E-state index contributed by atoms with van der Waals surface area (Å²) in [5.41, 5.74) is 1.21. The van der Waals surface area contributed by atoms with E-state index in [0.29, 0.717) is 18.1 Å². The van der Waals surface area contributed by atoms with Crippen LogP contribution in [0.4, 0.5) is 0 Å². The molecule has 7 nitrogen and oxygen atoms in total. The zero-order valence-electron chi connectivity index (χ0n) is 19.6. The Balaban J connectivity index is 1.32. The minimum atomic E-state index is -3.56. The highest BCUT2D eigenvalue weighted by atomic mass is 35.5. The van der Waals surface area contributed by atoms with Crippen LogP contribution < -0.4 is 4.80 Å². The third-order valence-corrected chi connectivity index (χ3v) is 9.67. The number of rotatable bonds is 6. The molecule has 0 spiro atoms. The van der Waals surface area contributed by atoms with Gasteiger partial charge in [0.15, 0.2) is 14.6 Å². The monoisotopic (exact) mass is 520 g/mol. The second-order valence-corrected chi connectivity index (χ2v) is 12.2. The number of hydrogen-bond donors (Lipinski definition) is 0. The molecule has 1 aliphatic heterocycles. The number of thiazole rings is 1. The molecule has 0 N–H and O–H groups in total. The molecule has 2 heterocycles. The molecule has 3 aromatic rings. The van der Waals surface area contributed by atoms with Crippen LogP contribution in [-0.2, 0) is 28.2 Å². The lowest BCUT2D eigenvalue weighted by atomic mass is 10.1. The highest BCUT2D eigenvalue weighted by Gasteiger charge is 2.24. The number of aromatic nitrogens is 1. The van der Waals surface area contributed by atoms with E-state index in [1.54, 1.807) is 59.7 Å². The summed E-state index contributed by atoms with van der Waals surface area (Å²) < 4.78 is 27.8. The summed E-state index contributed by atoms with van der Waals surface area (Å²) in [7, 11) is 0.268. The molecular formula is C24H29ClN4O3S2. The topological polar surface area (TPSA) is 75.0 Å². The Morgan fingerprint density at radius 3 is 2.44 bits per heavy atom. The first-order chi connectivity index (χ1) is 16.2. The zero-order valence-corrected chi connectivity index (χ0v) is 22.0. The molecule has 4 rings (SSSR count). The number of amides is 1. The maximum atomic E-state index is 12.9. The average molecular weight is 521 g/mol. The molecule has 1 aromatic heterocycles. The van der Waals surface area contributed by atoms with Crippen molar-refractivity contribution >= 4 is 49.5 Å². The average Bonchev–Trinajstić information content (AvgIpc) is 3.10. The SMILES string of the molecule is C/N=c1\sc(CN2CCN(C(=O)CCS(=O)(=O)c3ccc4cc(Cl)ccc4c3)CC2)c(C)n1C. The van der Waals surface area contributed by atoms with Gasteiger partial charge in [-0.2, -0.15) is 0 Å². The van der Waals surface area contributed by atoms with Gasteiger partial charge in [-0.05, 0) is 42.0 Å². The van der Waals surface area contributed by atoms with Crippen molar-refractivity contribution in [1.82, 2.24) is 14.4 Å². The fourth-order valence-electron chi connectivity index (χ4n) is 4.17. The van der Waals surface area contributed by atoms with Crippen molar-refractivity contribution in [3.05, 3.63) is 56.8 Å². The van der Waals surface area contributed by atoms with Crippen molar-refractivity contribution in [1.29, 1.82) is 0 Å². The summed E-state index contributed by atoms with van der Waals surface area (Å²) in [6.45, 7) is 5.69. The number of benzene rings is 2. The quantitative estimate of drug-likeness (QED) is 0.500. The summed E-state index contributed by atoms with van der Waals surface area (Å²) in [6, 6.07) is 10.3. The molecule has 0 aliphatic carbocycles. The Labute approximate surface area is 209 Å². The number of fused-ring (bicyclic) bond motifs is 1. The fraction of sp³-hybridized carbons (Fsp3) is 0.417. The van der Waals surface area contributed by atoms with E-state index in [1.807, 2.05) is 7.05 Å². The smallest absolute Gasteiger partial charge is 0.223 e. The van der Waals surface area contributed by atoms with E-state index in [0.717, 1.165) is 35.2 Å². The number of halogens is 1. The van der Waals surface area contributed by atoms with Crippen LogP contribution in [0.5, 0.6) is 0 Å². The van der Waals surface area contributed by atoms with Gasteiger partial charge in [-0.1, -0.05) is 23.7 Å². The second-order valence-electron chi connectivity index (χ2n) is 8.55. The van der Waals surface area contributed by atoms with Crippen LogP contribution in [0.3, 0.4) is 0 Å². The first-order valence-electron chi connectivity index (χ1n) is 11.2. The van der Waals surface area contributed by atoms with Crippen molar-refractivity contribution in [2.24, 2.45) is 12.0 Å². The van der Waals surface area contributed by atoms with Gasteiger partial charge in [-0.15, -0.1) is 11.3 Å². The molecule has 1 aliphatic rings. The summed E-state index contributed by atoms with van der Waals surface area (Å²) in [5, 5.41) is 2.30. The van der Waals surface area contributed by atoms with Crippen molar-refractivity contribution in [3.8, 4) is 0 Å². The minimum Gasteiger partial charge on any atom is -0.340 e. The summed E-state index contributed by atoms with van der Waals surface area (Å²) in [4.78, 5) is 23.7. The van der Waals surface area contributed by atoms with Gasteiger partial charge >= 0.3 is 0 Å². The van der Waals surface area contributed by atoms with Crippen molar-refractivity contribution in [3.63, 3.8) is 0 Å². The third-order valence-electron chi connectivity index (χ3n) is 6.41. The molecule has 0 radical (unpaired) electrons. The van der Waals surface area contributed by atoms with Gasteiger partial charge in [0.1, 0.15) is 0 Å². The number of carbonyl (C=O) groups excluding carboxylic acids is 1. The molecule has 0 unspecified atom stereocenters. The number of piperazine rings is 1. The third kappa shape index (κ3) is 5.38. The van der Waals surface area contributed by atoms with E-state index in [4.69, 9.17) is 11.6 Å². The molecule has 1 saturated heterocycles. The van der Waals surface area contributed by atoms with Crippen LogP contribution in [0, 0.1) is 6.92 Å². The number of carbonyl (C=O) groups is 1. The van der Waals surface area contributed by atoms with E-state index >= 15 is 0 Å². The number of sulfone groups is 1. The minimum absolute atomic E-state index is 0.0117. The molecule has 1 amide bonds. The molecular weight excluding hydrogens is 492 g/mol. The molecule has 0 bridgehead atoms. The molecule has 0 saturated carbocycles. The standard InChI is InChI=1S/C24H29ClN4O3S2/c1-17-22(33-24(26-2)27(17)3)16-28-9-11-29(12-10-28)23(30)8-13-34(31,32)21-7-5-18-14-20(25)6-4-19(18)15-21/h4-7,14-15H,8-13,16H2,1-3H3/b26-24-. The van der Waals surface area contributed by atoms with Crippen LogP contribution >= 0.6 is 22.9 Å². The van der Waals surface area contributed by atoms with Gasteiger partial charge in [0, 0.05) is 68.8 Å². The highest BCUT2D eigenvalue weighted by molar-refractivity contribution is 7.91. The van der Waals surface area contributed by atoms with Crippen molar-refractivity contribution in [2.45, 2.75) is 24.8 Å². The summed E-state index contributed by atoms with van der Waals surface area (Å²) >= 11 is 7.71. The summed E-state index contributed by atoms with van der Waals surface area (Å²) in [6.07, 6.45) is -0.0117. The zero-order chi connectivity index (χ0) is 24.5. The Morgan fingerprint density at radius 2 is 1.76 bits per heavy atom. The highest BCUT2D eigenvalue weighted by Crippen LogP contribution is 2.24. The van der Waals surface area contributed by atoms with Crippen molar-refractivity contribution < 1.29 is 13.2 Å². The second kappa shape index (κ2) is 10.2. The van der Waals surface area contributed by atoms with Crippen LogP contribution in [0.1, 0.15) is 17.0 Å². The predicted octanol–water partition coefficient (Wildman–Crippen LogP) is 3.24. The van der Waals surface area contributed by atoms with E-state index in [2.05, 4.69) is 21.4 Å². The van der Waals surface area contributed by atoms with Gasteiger partial charge in [0.25, 0.3) is 0 Å². The predicted molar refractivity (Wildman–Crippen MR) is 137 cm³/mol. The Kier molecular flexibility index (Phi) is 7.47. The fourth-order valence-corrected chi connectivity index (χ4v) is 6.73. The molecule has 182 valence electrons. The van der Waals surface area contributed by atoms with Gasteiger partial charge in [-0.25, -0.2) is 8.42 Å². The Bertz CT molecular complexity index is 1390. The molecule has 10 heteroatoms. The van der Waals surface area contributed by atoms with Crippen LogP contribution in [-0.4, -0.2) is 67.7 Å². The summed E-state index contributed by atoms with van der Waals surface area (Å²) in [5.74, 6) is -0.305. The lowest BCUT2D eigenvalue weighted by Crippen LogP contribution is -2.48. The molecule has 0 atom stereocenters. The lowest BCUT2D eigenvalue weighted by molar-refractivity contribution is -0.132. The van der Waals surface area contributed by atoms with Crippen molar-refractivity contribution in [2.75, 3.05) is 39.0 Å². The van der Waals surface area contributed by atoms with E-state index < -0.39 is 9.84 Å².